The minimum absolute atomic E-state index is 0.383. The molecule has 0 unspecified atom stereocenters. The third-order valence-corrected chi connectivity index (χ3v) is 2.75. The second-order valence-corrected chi connectivity index (χ2v) is 4.17. The third-order valence-electron chi connectivity index (χ3n) is 2.75. The molecule has 1 aliphatic carbocycles. The predicted octanol–water partition coefficient (Wildman–Crippen LogP) is 2.14. The van der Waals surface area contributed by atoms with Gasteiger partial charge in [0.1, 0.15) is 11.6 Å². The Balaban J connectivity index is 2.11. The molecule has 0 bridgehead atoms. The van der Waals surface area contributed by atoms with E-state index >= 15 is 0 Å². The fraction of sp³-hybridized carbons (Fsp3) is 0.250. The molecular weight excluding hydrogens is 219 g/mol. The SMILES string of the molecule is Nc1cc(-c2ccncc2F)nc(C2CC2)n1. The van der Waals surface area contributed by atoms with Gasteiger partial charge in [0, 0.05) is 23.7 Å². The molecule has 17 heavy (non-hydrogen) atoms. The van der Waals surface area contributed by atoms with Crippen molar-refractivity contribution in [2.45, 2.75) is 18.8 Å². The van der Waals surface area contributed by atoms with Gasteiger partial charge in [-0.25, -0.2) is 14.4 Å². The molecule has 3 rings (SSSR count). The summed E-state index contributed by atoms with van der Waals surface area (Å²) in [5, 5.41) is 0. The molecule has 2 aromatic rings. The molecule has 0 spiro atoms. The molecule has 0 aliphatic heterocycles. The van der Waals surface area contributed by atoms with Gasteiger partial charge in [-0.15, -0.1) is 0 Å². The molecule has 1 fully saturated rings. The number of hydrogen-bond donors (Lipinski definition) is 1. The lowest BCUT2D eigenvalue weighted by Gasteiger charge is -2.05. The summed E-state index contributed by atoms with van der Waals surface area (Å²) in [6.45, 7) is 0. The molecule has 0 saturated heterocycles. The summed E-state index contributed by atoms with van der Waals surface area (Å²) in [6.07, 6.45) is 4.88. The van der Waals surface area contributed by atoms with Crippen molar-refractivity contribution in [1.82, 2.24) is 15.0 Å². The molecule has 0 amide bonds. The first-order chi connectivity index (χ1) is 8.24. The van der Waals surface area contributed by atoms with Crippen LogP contribution in [0.4, 0.5) is 10.2 Å². The maximum Gasteiger partial charge on any atom is 0.150 e. The second kappa shape index (κ2) is 3.76. The molecule has 5 heteroatoms. The molecule has 0 aromatic carbocycles. The smallest absolute Gasteiger partial charge is 0.150 e. The highest BCUT2D eigenvalue weighted by atomic mass is 19.1. The van der Waals surface area contributed by atoms with Crippen molar-refractivity contribution < 1.29 is 4.39 Å². The third kappa shape index (κ3) is 1.95. The van der Waals surface area contributed by atoms with E-state index in [1.54, 1.807) is 12.1 Å². The van der Waals surface area contributed by atoms with Crippen LogP contribution < -0.4 is 5.73 Å². The summed E-state index contributed by atoms with van der Waals surface area (Å²) in [7, 11) is 0. The molecule has 86 valence electrons. The van der Waals surface area contributed by atoms with Crippen LogP contribution in [-0.2, 0) is 0 Å². The van der Waals surface area contributed by atoms with Gasteiger partial charge in [0.15, 0.2) is 5.82 Å². The van der Waals surface area contributed by atoms with Gasteiger partial charge < -0.3 is 5.73 Å². The van der Waals surface area contributed by atoms with Gasteiger partial charge in [0.05, 0.1) is 11.9 Å². The zero-order valence-electron chi connectivity index (χ0n) is 9.10. The van der Waals surface area contributed by atoms with Crippen LogP contribution in [0.1, 0.15) is 24.6 Å². The number of nitrogens with zero attached hydrogens (tertiary/aromatic N) is 3. The maximum atomic E-state index is 13.6. The van der Waals surface area contributed by atoms with Crippen molar-refractivity contribution in [3.05, 3.63) is 36.2 Å². The first kappa shape index (κ1) is 10.1. The molecule has 2 N–H and O–H groups in total. The van der Waals surface area contributed by atoms with E-state index in [4.69, 9.17) is 5.73 Å². The highest BCUT2D eigenvalue weighted by Gasteiger charge is 2.27. The lowest BCUT2D eigenvalue weighted by molar-refractivity contribution is 0.624. The van der Waals surface area contributed by atoms with Gasteiger partial charge in [-0.2, -0.15) is 0 Å². The quantitative estimate of drug-likeness (QED) is 0.858. The zero-order chi connectivity index (χ0) is 11.8. The molecule has 0 radical (unpaired) electrons. The monoisotopic (exact) mass is 230 g/mol. The van der Waals surface area contributed by atoms with Gasteiger partial charge in [-0.3, -0.25) is 4.98 Å². The Labute approximate surface area is 97.7 Å². The molecule has 2 aromatic heterocycles. The Morgan fingerprint density at radius 2 is 2.12 bits per heavy atom. The van der Waals surface area contributed by atoms with Crippen molar-refractivity contribution in [2.75, 3.05) is 5.73 Å². The van der Waals surface area contributed by atoms with Crippen molar-refractivity contribution in [1.29, 1.82) is 0 Å². The Morgan fingerprint density at radius 3 is 2.82 bits per heavy atom. The fourth-order valence-corrected chi connectivity index (χ4v) is 1.73. The van der Waals surface area contributed by atoms with Crippen LogP contribution in [0.2, 0.25) is 0 Å². The van der Waals surface area contributed by atoms with Crippen molar-refractivity contribution in [2.24, 2.45) is 0 Å². The van der Waals surface area contributed by atoms with E-state index < -0.39 is 5.82 Å². The Bertz CT molecular complexity index is 566. The van der Waals surface area contributed by atoms with Crippen LogP contribution >= 0.6 is 0 Å². The highest BCUT2D eigenvalue weighted by Crippen LogP contribution is 2.39. The van der Waals surface area contributed by atoms with E-state index in [9.17, 15) is 4.39 Å². The van der Waals surface area contributed by atoms with E-state index in [0.717, 1.165) is 18.7 Å². The fourth-order valence-electron chi connectivity index (χ4n) is 1.73. The summed E-state index contributed by atoms with van der Waals surface area (Å²) >= 11 is 0. The topological polar surface area (TPSA) is 64.7 Å². The van der Waals surface area contributed by atoms with Gasteiger partial charge >= 0.3 is 0 Å². The number of hydrogen-bond acceptors (Lipinski definition) is 4. The van der Waals surface area contributed by atoms with Crippen molar-refractivity contribution >= 4 is 5.82 Å². The summed E-state index contributed by atoms with van der Waals surface area (Å²) in [5.74, 6) is 1.10. The molecule has 0 atom stereocenters. The molecule has 2 heterocycles. The minimum atomic E-state index is -0.396. The van der Waals surface area contributed by atoms with E-state index in [1.807, 2.05) is 0 Å². The average Bonchev–Trinajstić information content (AvgIpc) is 3.12. The van der Waals surface area contributed by atoms with Crippen LogP contribution in [0.25, 0.3) is 11.3 Å². The van der Waals surface area contributed by atoms with Gasteiger partial charge in [-0.1, -0.05) is 0 Å². The number of pyridine rings is 1. The normalized spacial score (nSPS) is 14.9. The first-order valence-corrected chi connectivity index (χ1v) is 5.48. The Kier molecular flexibility index (Phi) is 2.24. The molecule has 4 nitrogen and oxygen atoms in total. The predicted molar refractivity (Wildman–Crippen MR) is 61.6 cm³/mol. The molecular formula is C12H11FN4. The lowest BCUT2D eigenvalue weighted by atomic mass is 10.1. The second-order valence-electron chi connectivity index (χ2n) is 4.17. The number of anilines is 1. The van der Waals surface area contributed by atoms with Gasteiger partial charge in [-0.05, 0) is 18.9 Å². The number of nitrogens with two attached hydrogens (primary N) is 1. The number of aromatic nitrogens is 3. The van der Waals surface area contributed by atoms with E-state index in [1.165, 1.54) is 12.4 Å². The van der Waals surface area contributed by atoms with Crippen LogP contribution in [0, 0.1) is 5.82 Å². The Hall–Kier alpha value is -2.04. The number of rotatable bonds is 2. The summed E-state index contributed by atoms with van der Waals surface area (Å²) in [4.78, 5) is 12.3. The van der Waals surface area contributed by atoms with Crippen LogP contribution in [-0.4, -0.2) is 15.0 Å². The summed E-state index contributed by atoms with van der Waals surface area (Å²) in [5.41, 5.74) is 6.66. The van der Waals surface area contributed by atoms with Crippen molar-refractivity contribution in [3.63, 3.8) is 0 Å². The first-order valence-electron chi connectivity index (χ1n) is 5.48. The average molecular weight is 230 g/mol. The standard InChI is InChI=1S/C12H11FN4/c13-9-6-15-4-3-8(9)10-5-11(14)17-12(16-10)7-1-2-7/h3-7H,1-2H2,(H2,14,16,17). The van der Waals surface area contributed by atoms with Crippen LogP contribution in [0.15, 0.2) is 24.5 Å². The maximum absolute atomic E-state index is 13.6. The zero-order valence-corrected chi connectivity index (χ0v) is 9.10. The molecule has 1 aliphatic rings. The van der Waals surface area contributed by atoms with Crippen LogP contribution in [0.5, 0.6) is 0 Å². The van der Waals surface area contributed by atoms with Gasteiger partial charge in [0.25, 0.3) is 0 Å². The minimum Gasteiger partial charge on any atom is -0.384 e. The van der Waals surface area contributed by atoms with Crippen LogP contribution in [0.3, 0.4) is 0 Å². The Morgan fingerprint density at radius 1 is 1.29 bits per heavy atom. The molecule has 1 saturated carbocycles. The van der Waals surface area contributed by atoms with Gasteiger partial charge in [0.2, 0.25) is 0 Å². The van der Waals surface area contributed by atoms with E-state index in [-0.39, 0.29) is 0 Å². The largest absolute Gasteiger partial charge is 0.384 e. The highest BCUT2D eigenvalue weighted by molar-refractivity contribution is 5.62. The number of nitrogen functional groups attached to an aromatic ring is 1. The number of halogens is 1. The summed E-state index contributed by atoms with van der Waals surface area (Å²) in [6, 6.07) is 3.18. The van der Waals surface area contributed by atoms with Crippen molar-refractivity contribution in [3.8, 4) is 11.3 Å². The lowest BCUT2D eigenvalue weighted by Crippen LogP contribution is -2.01. The summed E-state index contributed by atoms with van der Waals surface area (Å²) < 4.78 is 13.6. The van der Waals surface area contributed by atoms with E-state index in [0.29, 0.717) is 23.0 Å². The van der Waals surface area contributed by atoms with E-state index in [2.05, 4.69) is 15.0 Å².